The highest BCUT2D eigenvalue weighted by molar-refractivity contribution is 5.97. The summed E-state index contributed by atoms with van der Waals surface area (Å²) in [5.41, 5.74) is 2.49. The minimum atomic E-state index is -0.515. The Labute approximate surface area is 264 Å². The molecule has 3 aliphatic rings. The summed E-state index contributed by atoms with van der Waals surface area (Å²) >= 11 is 0. The van der Waals surface area contributed by atoms with Gasteiger partial charge in [0.1, 0.15) is 29.7 Å². The molecule has 2 fully saturated rings. The van der Waals surface area contributed by atoms with E-state index < -0.39 is 5.82 Å². The molecule has 1 amide bonds. The molecule has 12 heteroatoms. The molecule has 0 radical (unpaired) electrons. The van der Waals surface area contributed by atoms with Crippen molar-refractivity contribution in [2.45, 2.75) is 71.7 Å². The van der Waals surface area contributed by atoms with Crippen LogP contribution in [0.15, 0.2) is 36.8 Å². The van der Waals surface area contributed by atoms with E-state index in [0.717, 1.165) is 56.9 Å². The lowest BCUT2D eigenvalue weighted by Crippen LogP contribution is -2.54. The first kappa shape index (κ1) is 31.1. The second-order valence-corrected chi connectivity index (χ2v) is 12.4. The van der Waals surface area contributed by atoms with E-state index in [1.54, 1.807) is 4.90 Å². The maximum absolute atomic E-state index is 14.3. The van der Waals surface area contributed by atoms with Crippen molar-refractivity contribution in [2.24, 2.45) is 5.92 Å². The van der Waals surface area contributed by atoms with E-state index in [-0.39, 0.29) is 35.2 Å². The van der Waals surface area contributed by atoms with Crippen LogP contribution in [0.1, 0.15) is 62.2 Å². The number of aromatic nitrogens is 4. The van der Waals surface area contributed by atoms with Gasteiger partial charge in [0, 0.05) is 94.6 Å². The average Bonchev–Trinajstić information content (AvgIpc) is 3.02. The van der Waals surface area contributed by atoms with Gasteiger partial charge in [-0.3, -0.25) is 14.7 Å². The average molecular weight is 619 g/mol. The quantitative estimate of drug-likeness (QED) is 0.357. The smallest absolute Gasteiger partial charge is 0.282 e. The van der Waals surface area contributed by atoms with Gasteiger partial charge in [0.25, 0.3) is 11.8 Å². The van der Waals surface area contributed by atoms with Gasteiger partial charge in [-0.2, -0.15) is 0 Å². The van der Waals surface area contributed by atoms with E-state index >= 15 is 0 Å². The molecule has 1 unspecified atom stereocenters. The summed E-state index contributed by atoms with van der Waals surface area (Å²) in [5.74, 6) is 1.71. The summed E-state index contributed by atoms with van der Waals surface area (Å²) in [7, 11) is 0. The number of nitrogens with one attached hydrogen (secondary N) is 1. The number of carbonyl (C=O) groups is 1. The third-order valence-corrected chi connectivity index (χ3v) is 9.38. The molecular formula is C33H43FN8O3. The normalized spacial score (nSPS) is 18.3. The van der Waals surface area contributed by atoms with Crippen LogP contribution >= 0.6 is 0 Å². The van der Waals surface area contributed by atoms with Gasteiger partial charge in [-0.1, -0.05) is 0 Å². The molecule has 11 nitrogen and oxygen atoms in total. The fourth-order valence-corrected chi connectivity index (χ4v) is 6.51. The predicted octanol–water partition coefficient (Wildman–Crippen LogP) is 4.08. The second-order valence-electron chi connectivity index (χ2n) is 12.4. The molecule has 240 valence electrons. The lowest BCUT2D eigenvalue weighted by atomic mass is 9.92. The number of hydrogen-bond acceptors (Lipinski definition) is 10. The first-order valence-corrected chi connectivity index (χ1v) is 16.1. The van der Waals surface area contributed by atoms with E-state index in [0.29, 0.717) is 37.4 Å². The number of nitrogens with zero attached hydrogens (tertiary/aromatic N) is 7. The molecule has 3 aromatic rings. The van der Waals surface area contributed by atoms with E-state index in [1.807, 2.05) is 33.0 Å². The lowest BCUT2D eigenvalue weighted by Gasteiger charge is -2.42. The molecule has 0 saturated carbocycles. The van der Waals surface area contributed by atoms with Crippen molar-refractivity contribution in [2.75, 3.05) is 44.2 Å². The van der Waals surface area contributed by atoms with Crippen LogP contribution in [0.25, 0.3) is 0 Å². The third-order valence-electron chi connectivity index (χ3n) is 9.38. The van der Waals surface area contributed by atoms with Gasteiger partial charge in [0.05, 0.1) is 5.56 Å². The number of halogens is 1. The molecule has 6 rings (SSSR count). The summed E-state index contributed by atoms with van der Waals surface area (Å²) in [6.45, 7) is 14.0. The number of carbonyl (C=O) groups excluding carboxylic acids is 1. The van der Waals surface area contributed by atoms with Crippen molar-refractivity contribution in [1.82, 2.24) is 35.3 Å². The minimum absolute atomic E-state index is 0.0490. The van der Waals surface area contributed by atoms with E-state index in [2.05, 4.69) is 42.2 Å². The van der Waals surface area contributed by atoms with Crippen molar-refractivity contribution >= 4 is 11.7 Å². The summed E-state index contributed by atoms with van der Waals surface area (Å²) in [6.07, 6.45) is 5.81. The summed E-state index contributed by atoms with van der Waals surface area (Å²) in [6, 6.07) is 6.41. The summed E-state index contributed by atoms with van der Waals surface area (Å²) < 4.78 is 27.1. The number of fused-ring (bicyclic) bond motifs is 1. The number of amides is 1. The van der Waals surface area contributed by atoms with E-state index in [9.17, 15) is 9.18 Å². The Balaban J connectivity index is 1.13. The topological polar surface area (TPSA) is 109 Å². The molecule has 1 aromatic carbocycles. The van der Waals surface area contributed by atoms with Crippen molar-refractivity contribution in [1.29, 1.82) is 0 Å². The third kappa shape index (κ3) is 6.72. The SMILES string of the molecule is CCN(C(=O)c1cc(F)ccc1Oc1nncnc1N1CCC(Oc2ccnc3c2CN(C(C)C2CNC2)CC3)CC1)C(C)C. The Morgan fingerprint density at radius 3 is 2.62 bits per heavy atom. The highest BCUT2D eigenvalue weighted by Gasteiger charge is 2.33. The highest BCUT2D eigenvalue weighted by Crippen LogP contribution is 2.35. The van der Waals surface area contributed by atoms with Crippen LogP contribution in [0.5, 0.6) is 17.4 Å². The van der Waals surface area contributed by atoms with Crippen molar-refractivity contribution in [3.8, 4) is 17.4 Å². The van der Waals surface area contributed by atoms with E-state index in [4.69, 9.17) is 9.47 Å². The van der Waals surface area contributed by atoms with Gasteiger partial charge in [-0.25, -0.2) is 9.37 Å². The van der Waals surface area contributed by atoms with Gasteiger partial charge < -0.3 is 24.6 Å². The Morgan fingerprint density at radius 2 is 1.91 bits per heavy atom. The predicted molar refractivity (Wildman–Crippen MR) is 168 cm³/mol. The number of benzene rings is 1. The van der Waals surface area contributed by atoms with Crippen LogP contribution in [0.3, 0.4) is 0 Å². The van der Waals surface area contributed by atoms with Crippen molar-refractivity contribution < 1.29 is 18.7 Å². The molecule has 1 N–H and O–H groups in total. The Kier molecular flexibility index (Phi) is 9.41. The Bertz CT molecular complexity index is 1490. The Hall–Kier alpha value is -3.90. The summed E-state index contributed by atoms with van der Waals surface area (Å²) in [4.78, 5) is 28.8. The number of hydrogen-bond donors (Lipinski definition) is 1. The van der Waals surface area contributed by atoms with Gasteiger partial charge >= 0.3 is 0 Å². The number of ether oxygens (including phenoxy) is 2. The van der Waals surface area contributed by atoms with Gasteiger partial charge in [-0.05, 0) is 57.9 Å². The second kappa shape index (κ2) is 13.6. The number of rotatable bonds is 10. The molecule has 5 heterocycles. The lowest BCUT2D eigenvalue weighted by molar-refractivity contribution is 0.0713. The first-order chi connectivity index (χ1) is 21.8. The molecule has 3 aliphatic heterocycles. The number of pyridine rings is 1. The van der Waals surface area contributed by atoms with Crippen LogP contribution < -0.4 is 19.7 Å². The van der Waals surface area contributed by atoms with Crippen LogP contribution in [0.4, 0.5) is 10.2 Å². The van der Waals surface area contributed by atoms with Crippen LogP contribution in [-0.4, -0.2) is 93.3 Å². The molecule has 2 saturated heterocycles. The maximum atomic E-state index is 14.3. The molecule has 1 atom stereocenters. The molecule has 0 spiro atoms. The highest BCUT2D eigenvalue weighted by atomic mass is 19.1. The molecule has 0 aliphatic carbocycles. The minimum Gasteiger partial charge on any atom is -0.490 e. The zero-order valence-corrected chi connectivity index (χ0v) is 26.6. The largest absolute Gasteiger partial charge is 0.490 e. The first-order valence-electron chi connectivity index (χ1n) is 16.1. The van der Waals surface area contributed by atoms with Gasteiger partial charge in [0.2, 0.25) is 0 Å². The zero-order chi connectivity index (χ0) is 31.5. The molecular weight excluding hydrogens is 575 g/mol. The Morgan fingerprint density at radius 1 is 1.11 bits per heavy atom. The summed E-state index contributed by atoms with van der Waals surface area (Å²) in [5, 5.41) is 11.5. The van der Waals surface area contributed by atoms with Gasteiger partial charge in [0.15, 0.2) is 5.82 Å². The van der Waals surface area contributed by atoms with Gasteiger partial charge in [-0.15, -0.1) is 10.2 Å². The van der Waals surface area contributed by atoms with Crippen molar-refractivity contribution in [3.05, 3.63) is 59.4 Å². The monoisotopic (exact) mass is 618 g/mol. The molecule has 45 heavy (non-hydrogen) atoms. The zero-order valence-electron chi connectivity index (χ0n) is 26.6. The van der Waals surface area contributed by atoms with Crippen molar-refractivity contribution in [3.63, 3.8) is 0 Å². The molecule has 2 aromatic heterocycles. The number of piperidine rings is 1. The standard InChI is InChI=1S/C33H43FN8O3/c1-5-42(21(2)3)33(43)26-16-24(34)6-7-29(26)45-32-31(37-20-38-39-32)40-13-9-25(10-14-40)44-30-8-12-36-28-11-15-41(19-27(28)30)22(4)23-17-35-18-23/h6-8,12,16,20-23,25,35H,5,9-11,13-15,17-19H2,1-4H3. The maximum Gasteiger partial charge on any atom is 0.282 e. The van der Waals surface area contributed by atoms with Crippen LogP contribution in [0, 0.1) is 11.7 Å². The number of anilines is 1. The van der Waals surface area contributed by atoms with Crippen LogP contribution in [0.2, 0.25) is 0 Å². The van der Waals surface area contributed by atoms with Crippen LogP contribution in [-0.2, 0) is 13.0 Å². The fraction of sp³-hybridized carbons (Fsp3) is 0.545. The van der Waals surface area contributed by atoms with E-state index in [1.165, 1.54) is 30.1 Å². The fourth-order valence-electron chi connectivity index (χ4n) is 6.51. The molecule has 0 bridgehead atoms.